The molecule has 1 aromatic carbocycles. The van der Waals surface area contributed by atoms with E-state index in [1.165, 1.54) is 12.1 Å². The molecule has 1 N–H and O–H groups in total. The van der Waals surface area contributed by atoms with Crippen LogP contribution in [-0.4, -0.2) is 63.9 Å². The van der Waals surface area contributed by atoms with Gasteiger partial charge in [-0.3, -0.25) is 9.59 Å². The molecule has 3 fully saturated rings. The Morgan fingerprint density at radius 2 is 1.83 bits per heavy atom. The van der Waals surface area contributed by atoms with Crippen LogP contribution in [0.3, 0.4) is 0 Å². The SMILES string of the molecule is Cc1nc(NCc2cccc(C(F)(F)F)c2F)c2c(n1)C1(CC1)C(=O)N(C1CCN(C(=O)C3CCOCC3)CC1)C2. The van der Waals surface area contributed by atoms with E-state index in [9.17, 15) is 27.2 Å². The Morgan fingerprint density at radius 1 is 1.12 bits per heavy atom. The molecule has 2 amide bonds. The lowest BCUT2D eigenvalue weighted by atomic mass is 9.88. The summed E-state index contributed by atoms with van der Waals surface area (Å²) in [5, 5.41) is 3.05. The minimum absolute atomic E-state index is 0.00536. The highest BCUT2D eigenvalue weighted by atomic mass is 19.4. The summed E-state index contributed by atoms with van der Waals surface area (Å²) in [7, 11) is 0. The fourth-order valence-electron chi connectivity index (χ4n) is 6.49. The topological polar surface area (TPSA) is 87.7 Å². The summed E-state index contributed by atoms with van der Waals surface area (Å²) in [5.74, 6) is -0.285. The quantitative estimate of drug-likeness (QED) is 0.534. The zero-order chi connectivity index (χ0) is 28.9. The van der Waals surface area contributed by atoms with Crippen LogP contribution in [-0.2, 0) is 39.0 Å². The summed E-state index contributed by atoms with van der Waals surface area (Å²) in [6, 6.07) is 3.16. The summed E-state index contributed by atoms with van der Waals surface area (Å²) < 4.78 is 59.8. The number of fused-ring (bicyclic) bond motifs is 2. The number of amides is 2. The summed E-state index contributed by atoms with van der Waals surface area (Å²) in [4.78, 5) is 39.8. The lowest BCUT2D eigenvalue weighted by Gasteiger charge is -2.43. The molecule has 0 radical (unpaired) electrons. The third kappa shape index (κ3) is 5.15. The highest BCUT2D eigenvalue weighted by Crippen LogP contribution is 2.54. The molecule has 1 spiro atoms. The van der Waals surface area contributed by atoms with Crippen LogP contribution in [0, 0.1) is 18.7 Å². The molecule has 4 heterocycles. The Hall–Kier alpha value is -3.28. The zero-order valence-electron chi connectivity index (χ0n) is 22.9. The smallest absolute Gasteiger partial charge is 0.381 e. The van der Waals surface area contributed by atoms with E-state index >= 15 is 0 Å². The first kappa shape index (κ1) is 27.9. The van der Waals surface area contributed by atoms with Crippen molar-refractivity contribution in [2.75, 3.05) is 31.6 Å². The second kappa shape index (κ2) is 10.5. The molecule has 6 rings (SSSR count). The monoisotopic (exact) mass is 575 g/mol. The number of ether oxygens (including phenoxy) is 1. The van der Waals surface area contributed by atoms with E-state index < -0.39 is 23.0 Å². The first-order chi connectivity index (χ1) is 19.6. The molecule has 3 aliphatic heterocycles. The number of carbonyl (C=O) groups is 2. The van der Waals surface area contributed by atoms with Crippen LogP contribution < -0.4 is 5.32 Å². The van der Waals surface area contributed by atoms with Crippen molar-refractivity contribution < 1.29 is 31.9 Å². The maximum absolute atomic E-state index is 14.7. The molecule has 2 saturated heterocycles. The van der Waals surface area contributed by atoms with Gasteiger partial charge in [-0.2, -0.15) is 13.2 Å². The van der Waals surface area contributed by atoms with Gasteiger partial charge in [0.05, 0.1) is 23.2 Å². The summed E-state index contributed by atoms with van der Waals surface area (Å²) in [6.07, 6.45) is -0.670. The molecular formula is C29H33F4N5O3. The fraction of sp³-hybridized carbons (Fsp3) is 0.586. The Morgan fingerprint density at radius 3 is 2.49 bits per heavy atom. The van der Waals surface area contributed by atoms with Crippen LogP contribution in [0.1, 0.15) is 66.7 Å². The number of nitrogens with zero attached hydrogens (tertiary/aromatic N) is 4. The fourth-order valence-corrected chi connectivity index (χ4v) is 6.49. The molecule has 0 bridgehead atoms. The van der Waals surface area contributed by atoms with Gasteiger partial charge in [0.15, 0.2) is 0 Å². The number of halogens is 4. The van der Waals surface area contributed by atoms with Crippen molar-refractivity contribution in [2.45, 2.75) is 76.2 Å². The molecule has 1 aromatic heterocycles. The molecule has 1 aliphatic carbocycles. The Labute approximate surface area is 235 Å². The van der Waals surface area contributed by atoms with E-state index in [-0.39, 0.29) is 42.4 Å². The summed E-state index contributed by atoms with van der Waals surface area (Å²) >= 11 is 0. The molecule has 8 nitrogen and oxygen atoms in total. The highest BCUT2D eigenvalue weighted by molar-refractivity contribution is 5.93. The molecule has 12 heteroatoms. The van der Waals surface area contributed by atoms with Gasteiger partial charge in [0.1, 0.15) is 17.5 Å². The predicted octanol–water partition coefficient (Wildman–Crippen LogP) is 4.35. The second-order valence-electron chi connectivity index (χ2n) is 11.5. The molecule has 220 valence electrons. The van der Waals surface area contributed by atoms with Gasteiger partial charge in [-0.05, 0) is 51.5 Å². The molecule has 1 saturated carbocycles. The van der Waals surface area contributed by atoms with E-state index in [1.807, 2.05) is 9.80 Å². The van der Waals surface area contributed by atoms with Crippen LogP contribution in [0.15, 0.2) is 18.2 Å². The molecule has 4 aliphatic rings. The molecule has 41 heavy (non-hydrogen) atoms. The second-order valence-corrected chi connectivity index (χ2v) is 11.5. The van der Waals surface area contributed by atoms with Gasteiger partial charge < -0.3 is 19.9 Å². The van der Waals surface area contributed by atoms with Crippen molar-refractivity contribution in [1.82, 2.24) is 19.8 Å². The van der Waals surface area contributed by atoms with Gasteiger partial charge in [0.2, 0.25) is 11.8 Å². The third-order valence-corrected chi connectivity index (χ3v) is 8.94. The average molecular weight is 576 g/mol. The Balaban J connectivity index is 1.21. The van der Waals surface area contributed by atoms with E-state index in [1.54, 1.807) is 6.92 Å². The highest BCUT2D eigenvalue weighted by Gasteiger charge is 2.59. The number of piperidine rings is 1. The number of benzene rings is 1. The number of likely N-dealkylation sites (tertiary alicyclic amines) is 1. The standard InChI is InChI=1S/C29H33F4N5O3/c1-17-35-24-21(25(36-17)34-15-19-3-2-4-22(23(19)30)29(31,32)33)16-38(27(40)28(24)9-10-28)20-5-11-37(12-6-20)26(39)18-7-13-41-14-8-18/h2-4,18,20H,5-16H2,1H3,(H,34,35,36). The van der Waals surface area contributed by atoms with Crippen molar-refractivity contribution in [3.63, 3.8) is 0 Å². The lowest BCUT2D eigenvalue weighted by molar-refractivity contribution is -0.143. The summed E-state index contributed by atoms with van der Waals surface area (Å²) in [6.45, 7) is 4.12. The van der Waals surface area contributed by atoms with Crippen molar-refractivity contribution in [3.05, 3.63) is 52.2 Å². The number of aryl methyl sites for hydroxylation is 1. The average Bonchev–Trinajstić information content (AvgIpc) is 3.76. The van der Waals surface area contributed by atoms with E-state index in [0.29, 0.717) is 69.3 Å². The lowest BCUT2D eigenvalue weighted by Crippen LogP contribution is -2.54. The van der Waals surface area contributed by atoms with Crippen molar-refractivity contribution in [3.8, 4) is 0 Å². The number of rotatable bonds is 5. The summed E-state index contributed by atoms with van der Waals surface area (Å²) in [5.41, 5.74) is -0.788. The van der Waals surface area contributed by atoms with Crippen LogP contribution in [0.4, 0.5) is 23.4 Å². The third-order valence-electron chi connectivity index (χ3n) is 8.94. The Bertz CT molecular complexity index is 1350. The predicted molar refractivity (Wildman–Crippen MR) is 140 cm³/mol. The molecule has 2 aromatic rings. The van der Waals surface area contributed by atoms with Crippen LogP contribution in [0.25, 0.3) is 0 Å². The van der Waals surface area contributed by atoms with Gasteiger partial charge in [-0.25, -0.2) is 14.4 Å². The number of hydrogen-bond donors (Lipinski definition) is 1. The van der Waals surface area contributed by atoms with Crippen molar-refractivity contribution in [1.29, 1.82) is 0 Å². The van der Waals surface area contributed by atoms with Crippen LogP contribution in [0.5, 0.6) is 0 Å². The first-order valence-corrected chi connectivity index (χ1v) is 14.2. The zero-order valence-corrected chi connectivity index (χ0v) is 22.9. The Kier molecular flexibility index (Phi) is 7.15. The normalized spacial score (nSPS) is 21.2. The largest absolute Gasteiger partial charge is 0.419 e. The number of alkyl halides is 3. The van der Waals surface area contributed by atoms with Gasteiger partial charge in [-0.15, -0.1) is 0 Å². The van der Waals surface area contributed by atoms with Crippen LogP contribution >= 0.6 is 0 Å². The number of carbonyl (C=O) groups excluding carboxylic acids is 2. The van der Waals surface area contributed by atoms with Gasteiger partial charge >= 0.3 is 6.18 Å². The van der Waals surface area contributed by atoms with E-state index in [2.05, 4.69) is 15.3 Å². The molecular weight excluding hydrogens is 542 g/mol. The minimum atomic E-state index is -4.80. The van der Waals surface area contributed by atoms with Crippen molar-refractivity contribution in [2.24, 2.45) is 5.92 Å². The molecule has 0 atom stereocenters. The number of hydrogen-bond acceptors (Lipinski definition) is 6. The van der Waals surface area contributed by atoms with E-state index in [0.717, 1.165) is 24.5 Å². The van der Waals surface area contributed by atoms with Crippen molar-refractivity contribution >= 4 is 17.6 Å². The van der Waals surface area contributed by atoms with Crippen LogP contribution in [0.2, 0.25) is 0 Å². The number of aromatic nitrogens is 2. The first-order valence-electron chi connectivity index (χ1n) is 14.2. The number of anilines is 1. The number of nitrogens with one attached hydrogen (secondary N) is 1. The van der Waals surface area contributed by atoms with Gasteiger partial charge in [0, 0.05) is 55.9 Å². The van der Waals surface area contributed by atoms with E-state index in [4.69, 9.17) is 4.74 Å². The maximum atomic E-state index is 14.7. The maximum Gasteiger partial charge on any atom is 0.419 e. The van der Waals surface area contributed by atoms with Gasteiger partial charge in [0.25, 0.3) is 0 Å². The minimum Gasteiger partial charge on any atom is -0.381 e. The molecule has 0 unspecified atom stereocenters. The van der Waals surface area contributed by atoms with Gasteiger partial charge in [-0.1, -0.05) is 12.1 Å².